The SMILES string of the molecule is c1ccc(-n2nnnc2Oc2ccc(CNc3cccc4ccccc34)cc2)cc1. The van der Waals surface area contributed by atoms with E-state index >= 15 is 0 Å². The fourth-order valence-corrected chi connectivity index (χ4v) is 3.33. The lowest BCUT2D eigenvalue weighted by Crippen LogP contribution is -2.01. The summed E-state index contributed by atoms with van der Waals surface area (Å²) in [6, 6.07) is 32.5. The lowest BCUT2D eigenvalue weighted by molar-refractivity contribution is 0.427. The molecule has 4 aromatic carbocycles. The zero-order valence-corrected chi connectivity index (χ0v) is 16.1. The van der Waals surface area contributed by atoms with Crippen LogP contribution < -0.4 is 10.1 Å². The Bertz CT molecular complexity index is 1260. The van der Waals surface area contributed by atoms with Gasteiger partial charge in [0.05, 0.1) is 5.69 Å². The van der Waals surface area contributed by atoms with Crippen molar-refractivity contribution in [3.8, 4) is 17.4 Å². The molecule has 6 heteroatoms. The summed E-state index contributed by atoms with van der Waals surface area (Å²) < 4.78 is 7.45. The molecular formula is C24H19N5O. The molecule has 0 amide bonds. The summed E-state index contributed by atoms with van der Waals surface area (Å²) in [5.41, 5.74) is 3.11. The van der Waals surface area contributed by atoms with Crippen molar-refractivity contribution in [1.82, 2.24) is 20.2 Å². The third-order valence-electron chi connectivity index (χ3n) is 4.85. The maximum Gasteiger partial charge on any atom is 0.345 e. The first-order valence-electron chi connectivity index (χ1n) is 9.69. The molecule has 5 rings (SSSR count). The number of rotatable bonds is 6. The first kappa shape index (κ1) is 17.9. The summed E-state index contributed by atoms with van der Waals surface area (Å²) in [6.07, 6.45) is 0. The molecule has 0 saturated carbocycles. The van der Waals surface area contributed by atoms with Gasteiger partial charge in [-0.05, 0) is 51.7 Å². The van der Waals surface area contributed by atoms with Crippen molar-refractivity contribution < 1.29 is 4.74 Å². The Morgan fingerprint density at radius 2 is 1.53 bits per heavy atom. The van der Waals surface area contributed by atoms with E-state index < -0.39 is 0 Å². The summed E-state index contributed by atoms with van der Waals surface area (Å²) in [7, 11) is 0. The van der Waals surface area contributed by atoms with Crippen LogP contribution in [0.25, 0.3) is 16.5 Å². The molecule has 0 unspecified atom stereocenters. The van der Waals surface area contributed by atoms with Crippen molar-refractivity contribution >= 4 is 16.5 Å². The number of tetrazole rings is 1. The van der Waals surface area contributed by atoms with Gasteiger partial charge in [0.1, 0.15) is 5.75 Å². The Balaban J connectivity index is 1.28. The Hall–Kier alpha value is -4.19. The molecule has 0 atom stereocenters. The average Bonchev–Trinajstić information content (AvgIpc) is 3.27. The van der Waals surface area contributed by atoms with Crippen LogP contribution in [0, 0.1) is 0 Å². The number of ether oxygens (including phenoxy) is 1. The smallest absolute Gasteiger partial charge is 0.345 e. The molecule has 5 aromatic rings. The number of nitrogens with zero attached hydrogens (tertiary/aromatic N) is 4. The number of para-hydroxylation sites is 1. The molecule has 1 heterocycles. The number of fused-ring (bicyclic) bond motifs is 1. The molecule has 0 aliphatic carbocycles. The van der Waals surface area contributed by atoms with Crippen LogP contribution in [-0.2, 0) is 6.54 Å². The van der Waals surface area contributed by atoms with E-state index in [1.807, 2.05) is 54.6 Å². The van der Waals surface area contributed by atoms with Gasteiger partial charge in [-0.1, -0.05) is 71.8 Å². The van der Waals surface area contributed by atoms with Gasteiger partial charge in [0.2, 0.25) is 0 Å². The first-order chi connectivity index (χ1) is 14.9. The maximum atomic E-state index is 5.89. The van der Waals surface area contributed by atoms with Gasteiger partial charge in [-0.15, -0.1) is 0 Å². The highest BCUT2D eigenvalue weighted by Crippen LogP contribution is 2.25. The monoisotopic (exact) mass is 393 g/mol. The van der Waals surface area contributed by atoms with Gasteiger partial charge < -0.3 is 10.1 Å². The minimum absolute atomic E-state index is 0.322. The van der Waals surface area contributed by atoms with E-state index in [9.17, 15) is 0 Å². The number of hydrogen-bond acceptors (Lipinski definition) is 5. The molecule has 6 nitrogen and oxygen atoms in total. The summed E-state index contributed by atoms with van der Waals surface area (Å²) in [5.74, 6) is 0.677. The highest BCUT2D eigenvalue weighted by atomic mass is 16.5. The molecule has 1 N–H and O–H groups in total. The number of benzene rings is 4. The highest BCUT2D eigenvalue weighted by molar-refractivity contribution is 5.93. The van der Waals surface area contributed by atoms with Crippen molar-refractivity contribution in [2.45, 2.75) is 6.54 Å². The fraction of sp³-hybridized carbons (Fsp3) is 0.0417. The Kier molecular flexibility index (Phi) is 4.79. The van der Waals surface area contributed by atoms with Crippen molar-refractivity contribution in [2.75, 3.05) is 5.32 Å². The molecule has 146 valence electrons. The second-order valence-electron chi connectivity index (χ2n) is 6.84. The summed E-state index contributed by atoms with van der Waals surface area (Å²) >= 11 is 0. The van der Waals surface area contributed by atoms with Gasteiger partial charge in [0.25, 0.3) is 0 Å². The summed E-state index contributed by atoms with van der Waals surface area (Å²) in [6.45, 7) is 0.718. The van der Waals surface area contributed by atoms with Crippen molar-refractivity contribution in [2.24, 2.45) is 0 Å². The van der Waals surface area contributed by atoms with E-state index in [0.29, 0.717) is 11.8 Å². The van der Waals surface area contributed by atoms with Crippen LogP contribution in [0.4, 0.5) is 5.69 Å². The van der Waals surface area contributed by atoms with Gasteiger partial charge in [-0.2, -0.15) is 4.68 Å². The van der Waals surface area contributed by atoms with Crippen LogP contribution in [0.15, 0.2) is 97.1 Å². The molecule has 30 heavy (non-hydrogen) atoms. The number of hydrogen-bond donors (Lipinski definition) is 1. The lowest BCUT2D eigenvalue weighted by Gasteiger charge is -2.11. The standard InChI is InChI=1S/C24H19N5O/c1-2-9-20(10-3-1)29-24(26-27-28-29)30-21-15-13-18(14-16-21)17-25-23-12-6-8-19-7-4-5-11-22(19)23/h1-16,25H,17H2. The summed E-state index contributed by atoms with van der Waals surface area (Å²) in [4.78, 5) is 0. The normalized spacial score (nSPS) is 10.8. The second-order valence-corrected chi connectivity index (χ2v) is 6.84. The predicted octanol–water partition coefficient (Wildman–Crippen LogP) is 5.22. The van der Waals surface area contributed by atoms with E-state index in [1.54, 1.807) is 4.68 Å². The third kappa shape index (κ3) is 3.71. The fourth-order valence-electron chi connectivity index (χ4n) is 3.33. The lowest BCUT2D eigenvalue weighted by atomic mass is 10.1. The molecular weight excluding hydrogens is 374 g/mol. The van der Waals surface area contributed by atoms with Crippen LogP contribution in [-0.4, -0.2) is 20.2 Å². The van der Waals surface area contributed by atoms with E-state index in [1.165, 1.54) is 10.8 Å². The van der Waals surface area contributed by atoms with Crippen molar-refractivity contribution in [3.63, 3.8) is 0 Å². The van der Waals surface area contributed by atoms with E-state index in [0.717, 1.165) is 23.5 Å². The minimum atomic E-state index is 0.322. The Morgan fingerprint density at radius 3 is 2.40 bits per heavy atom. The van der Waals surface area contributed by atoms with Crippen molar-refractivity contribution in [3.05, 3.63) is 103 Å². The molecule has 0 bridgehead atoms. The number of anilines is 1. The van der Waals surface area contributed by atoms with Gasteiger partial charge in [0.15, 0.2) is 0 Å². The molecule has 0 radical (unpaired) electrons. The largest absolute Gasteiger partial charge is 0.423 e. The van der Waals surface area contributed by atoms with Gasteiger partial charge in [-0.3, -0.25) is 0 Å². The van der Waals surface area contributed by atoms with Crippen LogP contribution >= 0.6 is 0 Å². The van der Waals surface area contributed by atoms with E-state index in [-0.39, 0.29) is 0 Å². The van der Waals surface area contributed by atoms with E-state index in [2.05, 4.69) is 63.3 Å². The van der Waals surface area contributed by atoms with Gasteiger partial charge in [-0.25, -0.2) is 0 Å². The zero-order valence-electron chi connectivity index (χ0n) is 16.1. The predicted molar refractivity (Wildman–Crippen MR) is 117 cm³/mol. The molecule has 0 aliphatic rings. The first-order valence-corrected chi connectivity index (χ1v) is 9.69. The molecule has 0 spiro atoms. The van der Waals surface area contributed by atoms with Crippen LogP contribution in [0.5, 0.6) is 11.8 Å². The Labute approximate surface area is 173 Å². The quantitative estimate of drug-likeness (QED) is 0.428. The topological polar surface area (TPSA) is 64.9 Å². The highest BCUT2D eigenvalue weighted by Gasteiger charge is 2.10. The second kappa shape index (κ2) is 8.05. The molecule has 0 saturated heterocycles. The molecule has 0 aliphatic heterocycles. The van der Waals surface area contributed by atoms with Gasteiger partial charge >= 0.3 is 6.01 Å². The van der Waals surface area contributed by atoms with Crippen LogP contribution in [0.1, 0.15) is 5.56 Å². The minimum Gasteiger partial charge on any atom is -0.423 e. The maximum absolute atomic E-state index is 5.89. The third-order valence-corrected chi connectivity index (χ3v) is 4.85. The number of aromatic nitrogens is 4. The van der Waals surface area contributed by atoms with E-state index in [4.69, 9.17) is 4.74 Å². The molecule has 1 aromatic heterocycles. The average molecular weight is 393 g/mol. The zero-order chi connectivity index (χ0) is 20.2. The van der Waals surface area contributed by atoms with Gasteiger partial charge in [0, 0.05) is 17.6 Å². The Morgan fingerprint density at radius 1 is 0.767 bits per heavy atom. The van der Waals surface area contributed by atoms with Crippen LogP contribution in [0.3, 0.4) is 0 Å². The number of nitrogens with one attached hydrogen (secondary N) is 1. The van der Waals surface area contributed by atoms with Crippen molar-refractivity contribution in [1.29, 1.82) is 0 Å². The molecule has 0 fully saturated rings. The summed E-state index contributed by atoms with van der Waals surface area (Å²) in [5, 5.41) is 17.7. The van der Waals surface area contributed by atoms with Crippen LogP contribution in [0.2, 0.25) is 0 Å².